The molecule has 86 valence electrons. The van der Waals surface area contributed by atoms with Gasteiger partial charge in [0.25, 0.3) is 0 Å². The van der Waals surface area contributed by atoms with E-state index in [4.69, 9.17) is 21.4 Å². The summed E-state index contributed by atoms with van der Waals surface area (Å²) in [7, 11) is 1.43. The van der Waals surface area contributed by atoms with Crippen molar-refractivity contribution in [3.05, 3.63) is 34.9 Å². The molecule has 1 N–H and O–H groups in total. The fourth-order valence-electron chi connectivity index (χ4n) is 2.24. The topological polar surface area (TPSA) is 46.5 Å². The van der Waals surface area contributed by atoms with E-state index in [0.29, 0.717) is 5.02 Å². The Balaban J connectivity index is 2.39. The van der Waals surface area contributed by atoms with E-state index in [2.05, 4.69) is 0 Å². The van der Waals surface area contributed by atoms with Crippen LogP contribution in [0.4, 0.5) is 0 Å². The van der Waals surface area contributed by atoms with Gasteiger partial charge >= 0.3 is 5.97 Å². The third kappa shape index (κ3) is 1.70. The average molecular weight is 241 g/mol. The van der Waals surface area contributed by atoms with Gasteiger partial charge in [-0.1, -0.05) is 29.8 Å². The number of carboxylic acids is 1. The molecule has 1 aliphatic carbocycles. The Morgan fingerprint density at radius 3 is 2.56 bits per heavy atom. The smallest absolute Gasteiger partial charge is 0.333 e. The summed E-state index contributed by atoms with van der Waals surface area (Å²) in [6.45, 7) is 0. The summed E-state index contributed by atoms with van der Waals surface area (Å²) >= 11 is 6.11. The summed E-state index contributed by atoms with van der Waals surface area (Å²) in [6.07, 6.45) is 0.802. The number of rotatable bonds is 4. The molecule has 0 aliphatic heterocycles. The van der Waals surface area contributed by atoms with Gasteiger partial charge in [0, 0.05) is 17.5 Å². The van der Waals surface area contributed by atoms with Crippen LogP contribution in [0.25, 0.3) is 0 Å². The highest BCUT2D eigenvalue weighted by Crippen LogP contribution is 2.53. The molecule has 1 aromatic carbocycles. The lowest BCUT2D eigenvalue weighted by atomic mass is 9.90. The molecule has 16 heavy (non-hydrogen) atoms. The standard InChI is InChI=1S/C12H13ClO3/c1-16-10(11(14)15)12(6-7-12)8-4-2-3-5-9(8)13/h2-5,10H,6-7H2,1H3,(H,14,15). The zero-order valence-electron chi connectivity index (χ0n) is 8.94. The van der Waals surface area contributed by atoms with Crippen molar-refractivity contribution in [1.82, 2.24) is 0 Å². The average Bonchev–Trinajstić information content (AvgIpc) is 3.00. The van der Waals surface area contributed by atoms with Crippen molar-refractivity contribution in [3.8, 4) is 0 Å². The van der Waals surface area contributed by atoms with E-state index >= 15 is 0 Å². The molecule has 1 fully saturated rings. The number of hydrogen-bond donors (Lipinski definition) is 1. The summed E-state index contributed by atoms with van der Waals surface area (Å²) < 4.78 is 5.09. The van der Waals surface area contributed by atoms with Gasteiger partial charge in [-0.15, -0.1) is 0 Å². The molecule has 0 amide bonds. The van der Waals surface area contributed by atoms with Gasteiger partial charge in [-0.25, -0.2) is 4.79 Å². The maximum atomic E-state index is 11.1. The van der Waals surface area contributed by atoms with E-state index in [-0.39, 0.29) is 0 Å². The van der Waals surface area contributed by atoms with Crippen molar-refractivity contribution >= 4 is 17.6 Å². The zero-order valence-corrected chi connectivity index (χ0v) is 9.70. The van der Waals surface area contributed by atoms with Gasteiger partial charge in [-0.3, -0.25) is 0 Å². The second kappa shape index (κ2) is 4.07. The maximum absolute atomic E-state index is 11.1. The fraction of sp³-hybridized carbons (Fsp3) is 0.417. The fourth-order valence-corrected chi connectivity index (χ4v) is 2.56. The van der Waals surface area contributed by atoms with E-state index in [1.165, 1.54) is 7.11 Å². The van der Waals surface area contributed by atoms with Crippen LogP contribution in [0.15, 0.2) is 24.3 Å². The molecule has 4 heteroatoms. The van der Waals surface area contributed by atoms with Crippen LogP contribution in [-0.4, -0.2) is 24.3 Å². The van der Waals surface area contributed by atoms with Crippen molar-refractivity contribution < 1.29 is 14.6 Å². The van der Waals surface area contributed by atoms with Crippen molar-refractivity contribution in [1.29, 1.82) is 0 Å². The number of carboxylic acid groups (broad SMARTS) is 1. The summed E-state index contributed by atoms with van der Waals surface area (Å²) in [6, 6.07) is 7.37. The van der Waals surface area contributed by atoms with Gasteiger partial charge in [0.2, 0.25) is 0 Å². The largest absolute Gasteiger partial charge is 0.479 e. The van der Waals surface area contributed by atoms with Gasteiger partial charge in [-0.2, -0.15) is 0 Å². The molecule has 1 atom stereocenters. The Kier molecular flexibility index (Phi) is 2.91. The predicted octanol–water partition coefficient (Wildman–Crippen LogP) is 2.47. The van der Waals surface area contributed by atoms with Crippen molar-refractivity contribution in [3.63, 3.8) is 0 Å². The van der Waals surface area contributed by atoms with Crippen LogP contribution in [0.5, 0.6) is 0 Å². The summed E-state index contributed by atoms with van der Waals surface area (Å²) in [5, 5.41) is 9.75. The molecular weight excluding hydrogens is 228 g/mol. The van der Waals surface area contributed by atoms with Crippen LogP contribution >= 0.6 is 11.6 Å². The quantitative estimate of drug-likeness (QED) is 0.880. The lowest BCUT2D eigenvalue weighted by molar-refractivity contribution is -0.150. The number of ether oxygens (including phenoxy) is 1. The van der Waals surface area contributed by atoms with Crippen LogP contribution in [0.3, 0.4) is 0 Å². The van der Waals surface area contributed by atoms with Crippen molar-refractivity contribution in [2.24, 2.45) is 0 Å². The number of hydrogen-bond acceptors (Lipinski definition) is 2. The minimum Gasteiger partial charge on any atom is -0.479 e. The van der Waals surface area contributed by atoms with Crippen LogP contribution in [-0.2, 0) is 14.9 Å². The molecular formula is C12H13ClO3. The van der Waals surface area contributed by atoms with E-state index in [1.54, 1.807) is 6.07 Å². The molecule has 0 saturated heterocycles. The molecule has 0 spiro atoms. The Morgan fingerprint density at radius 1 is 1.50 bits per heavy atom. The van der Waals surface area contributed by atoms with Gasteiger partial charge in [0.1, 0.15) is 0 Å². The van der Waals surface area contributed by atoms with Crippen LogP contribution in [0.2, 0.25) is 5.02 Å². The Morgan fingerprint density at radius 2 is 2.12 bits per heavy atom. The second-order valence-electron chi connectivity index (χ2n) is 4.09. The van der Waals surface area contributed by atoms with Crippen LogP contribution < -0.4 is 0 Å². The number of halogens is 1. The first kappa shape index (κ1) is 11.4. The molecule has 0 bridgehead atoms. The third-order valence-corrected chi connectivity index (χ3v) is 3.49. The second-order valence-corrected chi connectivity index (χ2v) is 4.50. The first-order chi connectivity index (χ1) is 7.62. The number of carbonyl (C=O) groups is 1. The maximum Gasteiger partial charge on any atom is 0.333 e. The molecule has 1 aliphatic rings. The summed E-state index contributed by atoms with van der Waals surface area (Å²) in [5.41, 5.74) is 0.449. The minimum atomic E-state index is -0.931. The van der Waals surface area contributed by atoms with E-state index in [0.717, 1.165) is 18.4 Å². The highest BCUT2D eigenvalue weighted by atomic mass is 35.5. The molecule has 3 nitrogen and oxygen atoms in total. The van der Waals surface area contributed by atoms with Crippen molar-refractivity contribution in [2.75, 3.05) is 7.11 Å². The lowest BCUT2D eigenvalue weighted by Gasteiger charge is -2.23. The monoisotopic (exact) mass is 240 g/mol. The van der Waals surface area contributed by atoms with E-state index in [9.17, 15) is 4.79 Å². The normalized spacial score (nSPS) is 19.1. The molecule has 1 saturated carbocycles. The molecule has 0 radical (unpaired) electrons. The Bertz CT molecular complexity index is 412. The van der Waals surface area contributed by atoms with Crippen molar-refractivity contribution in [2.45, 2.75) is 24.4 Å². The highest BCUT2D eigenvalue weighted by molar-refractivity contribution is 6.31. The van der Waals surface area contributed by atoms with Gasteiger partial charge < -0.3 is 9.84 Å². The Labute approximate surface area is 99.0 Å². The van der Waals surface area contributed by atoms with Gasteiger partial charge in [-0.05, 0) is 24.5 Å². The number of methoxy groups -OCH3 is 1. The van der Waals surface area contributed by atoms with Gasteiger partial charge in [0.15, 0.2) is 6.10 Å². The van der Waals surface area contributed by atoms with E-state index < -0.39 is 17.5 Å². The zero-order chi connectivity index (χ0) is 11.8. The first-order valence-electron chi connectivity index (χ1n) is 5.12. The van der Waals surface area contributed by atoms with Crippen LogP contribution in [0, 0.1) is 0 Å². The van der Waals surface area contributed by atoms with E-state index in [1.807, 2.05) is 18.2 Å². The minimum absolute atomic E-state index is 0.432. The third-order valence-electron chi connectivity index (χ3n) is 3.16. The summed E-state index contributed by atoms with van der Waals surface area (Å²) in [5.74, 6) is -0.931. The molecule has 1 aromatic rings. The first-order valence-corrected chi connectivity index (χ1v) is 5.50. The summed E-state index contributed by atoms with van der Waals surface area (Å²) in [4.78, 5) is 11.1. The molecule has 0 heterocycles. The Hall–Kier alpha value is -1.06. The van der Waals surface area contributed by atoms with Crippen LogP contribution in [0.1, 0.15) is 18.4 Å². The number of aliphatic carboxylic acids is 1. The highest BCUT2D eigenvalue weighted by Gasteiger charge is 2.55. The predicted molar refractivity (Wildman–Crippen MR) is 60.8 cm³/mol. The molecule has 1 unspecified atom stereocenters. The van der Waals surface area contributed by atoms with Gasteiger partial charge in [0.05, 0.1) is 0 Å². The molecule has 0 aromatic heterocycles. The number of benzene rings is 1. The lowest BCUT2D eigenvalue weighted by Crippen LogP contribution is -2.36. The SMILES string of the molecule is COC(C(=O)O)C1(c2ccccc2Cl)CC1. The molecule has 2 rings (SSSR count).